The third-order valence-electron chi connectivity index (χ3n) is 4.52. The van der Waals surface area contributed by atoms with E-state index in [1.807, 2.05) is 6.07 Å². The van der Waals surface area contributed by atoms with Gasteiger partial charge in [0.15, 0.2) is 11.6 Å². The molecule has 4 rings (SSSR count). The summed E-state index contributed by atoms with van der Waals surface area (Å²) < 4.78 is 34.9. The number of rotatable bonds is 4. The minimum absolute atomic E-state index is 0.225. The molecule has 0 spiro atoms. The molecule has 0 saturated carbocycles. The molecular weight excluding hydrogens is 342 g/mol. The van der Waals surface area contributed by atoms with Crippen LogP contribution in [-0.2, 0) is 6.54 Å². The van der Waals surface area contributed by atoms with Crippen LogP contribution in [0.5, 0.6) is 0 Å². The molecule has 25 heavy (non-hydrogen) atoms. The number of piperidine rings is 1. The summed E-state index contributed by atoms with van der Waals surface area (Å²) >= 11 is 1.23. The maximum absolute atomic E-state index is 13.4. The normalized spacial score (nSPS) is 18.6. The van der Waals surface area contributed by atoms with Gasteiger partial charge in [0.2, 0.25) is 0 Å². The number of hydrogen-bond acceptors (Lipinski definition) is 5. The third-order valence-corrected chi connectivity index (χ3v) is 5.08. The van der Waals surface area contributed by atoms with Gasteiger partial charge < -0.3 is 5.32 Å². The molecule has 1 aliphatic heterocycles. The molecule has 1 saturated heterocycles. The second kappa shape index (κ2) is 7.01. The number of halogens is 2. The zero-order valence-corrected chi connectivity index (χ0v) is 14.4. The Bertz CT molecular complexity index is 882. The molecule has 2 aromatic carbocycles. The second-order valence-electron chi connectivity index (χ2n) is 6.43. The molecule has 2 heterocycles. The summed E-state index contributed by atoms with van der Waals surface area (Å²) in [6, 6.07) is 10.4. The highest BCUT2D eigenvalue weighted by Gasteiger charge is 2.20. The van der Waals surface area contributed by atoms with Gasteiger partial charge in [-0.25, -0.2) is 8.78 Å². The van der Waals surface area contributed by atoms with E-state index in [1.165, 1.54) is 23.4 Å². The molecule has 3 aromatic rings. The van der Waals surface area contributed by atoms with Crippen LogP contribution in [0.3, 0.4) is 0 Å². The largest absolute Gasteiger partial charge is 0.381 e. The first-order valence-electron chi connectivity index (χ1n) is 8.32. The van der Waals surface area contributed by atoms with Crippen LogP contribution in [0.2, 0.25) is 0 Å². The average Bonchev–Trinajstić information content (AvgIpc) is 3.06. The Labute approximate surface area is 148 Å². The van der Waals surface area contributed by atoms with Crippen LogP contribution >= 0.6 is 11.7 Å². The highest BCUT2D eigenvalue weighted by molar-refractivity contribution is 7.00. The Balaban J connectivity index is 1.40. The first kappa shape index (κ1) is 16.4. The number of fused-ring (bicyclic) bond motifs is 1. The predicted octanol–water partition coefficient (Wildman–Crippen LogP) is 4.05. The molecule has 1 aromatic heterocycles. The van der Waals surface area contributed by atoms with E-state index < -0.39 is 11.6 Å². The highest BCUT2D eigenvalue weighted by Crippen LogP contribution is 2.21. The summed E-state index contributed by atoms with van der Waals surface area (Å²) in [4.78, 5) is 2.38. The van der Waals surface area contributed by atoms with Crippen molar-refractivity contribution in [3.05, 3.63) is 53.6 Å². The summed E-state index contributed by atoms with van der Waals surface area (Å²) in [6.07, 6.45) is 2.09. The zero-order valence-electron chi connectivity index (χ0n) is 13.6. The van der Waals surface area contributed by atoms with E-state index >= 15 is 0 Å². The summed E-state index contributed by atoms with van der Waals surface area (Å²) in [5.74, 6) is -1.63. The van der Waals surface area contributed by atoms with Crippen molar-refractivity contribution in [3.63, 3.8) is 0 Å². The maximum Gasteiger partial charge on any atom is 0.160 e. The van der Waals surface area contributed by atoms with E-state index in [9.17, 15) is 8.78 Å². The molecule has 1 aliphatic rings. The lowest BCUT2D eigenvalue weighted by atomic mass is 10.0. The first-order valence-corrected chi connectivity index (χ1v) is 9.05. The summed E-state index contributed by atoms with van der Waals surface area (Å²) in [5.41, 5.74) is 3.72. The minimum atomic E-state index is -0.817. The Morgan fingerprint density at radius 2 is 1.96 bits per heavy atom. The number of likely N-dealkylation sites (tertiary alicyclic amines) is 1. The topological polar surface area (TPSA) is 41.0 Å². The molecule has 1 fully saturated rings. The Hall–Kier alpha value is -2.12. The SMILES string of the molecule is Fc1ccc(N[C@@H]2CCCN(Cc3ccc4nsnc4c3)C2)cc1F. The van der Waals surface area contributed by atoms with Crippen LogP contribution in [0, 0.1) is 11.6 Å². The smallest absolute Gasteiger partial charge is 0.160 e. The van der Waals surface area contributed by atoms with Crippen LogP contribution in [0.4, 0.5) is 14.5 Å². The van der Waals surface area contributed by atoms with Crippen molar-refractivity contribution in [1.29, 1.82) is 0 Å². The summed E-state index contributed by atoms with van der Waals surface area (Å²) in [6.45, 7) is 2.75. The van der Waals surface area contributed by atoms with Gasteiger partial charge in [0.1, 0.15) is 11.0 Å². The van der Waals surface area contributed by atoms with Gasteiger partial charge in [-0.3, -0.25) is 4.90 Å². The van der Waals surface area contributed by atoms with Crippen LogP contribution in [-0.4, -0.2) is 32.8 Å². The molecule has 0 amide bonds. The van der Waals surface area contributed by atoms with Crippen molar-refractivity contribution in [2.75, 3.05) is 18.4 Å². The van der Waals surface area contributed by atoms with E-state index in [4.69, 9.17) is 0 Å². The number of anilines is 1. The summed E-state index contributed by atoms with van der Waals surface area (Å²) in [7, 11) is 0. The van der Waals surface area contributed by atoms with Gasteiger partial charge in [0, 0.05) is 30.9 Å². The first-order chi connectivity index (χ1) is 12.2. The molecule has 7 heteroatoms. The van der Waals surface area contributed by atoms with Gasteiger partial charge in [-0.1, -0.05) is 6.07 Å². The van der Waals surface area contributed by atoms with Crippen LogP contribution in [0.25, 0.3) is 11.0 Å². The fourth-order valence-corrected chi connectivity index (χ4v) is 3.84. The summed E-state index contributed by atoms with van der Waals surface area (Å²) in [5, 5.41) is 3.32. The molecule has 1 N–H and O–H groups in total. The molecule has 0 aliphatic carbocycles. The fraction of sp³-hybridized carbons (Fsp3) is 0.333. The lowest BCUT2D eigenvalue weighted by molar-refractivity contribution is 0.208. The lowest BCUT2D eigenvalue weighted by Gasteiger charge is -2.33. The molecule has 0 unspecified atom stereocenters. The monoisotopic (exact) mass is 360 g/mol. The fourth-order valence-electron chi connectivity index (χ4n) is 3.32. The van der Waals surface area contributed by atoms with Crippen molar-refractivity contribution >= 4 is 28.4 Å². The lowest BCUT2D eigenvalue weighted by Crippen LogP contribution is -2.41. The van der Waals surface area contributed by atoms with Gasteiger partial charge in [0.05, 0.1) is 11.7 Å². The van der Waals surface area contributed by atoms with Crippen molar-refractivity contribution < 1.29 is 8.78 Å². The predicted molar refractivity (Wildman–Crippen MR) is 95.7 cm³/mol. The molecule has 130 valence electrons. The van der Waals surface area contributed by atoms with E-state index in [1.54, 1.807) is 6.07 Å². The molecule has 1 atom stereocenters. The number of aromatic nitrogens is 2. The van der Waals surface area contributed by atoms with Crippen molar-refractivity contribution in [2.45, 2.75) is 25.4 Å². The number of nitrogens with zero attached hydrogens (tertiary/aromatic N) is 3. The Morgan fingerprint density at radius 3 is 2.84 bits per heavy atom. The minimum Gasteiger partial charge on any atom is -0.381 e. The van der Waals surface area contributed by atoms with Crippen LogP contribution in [0.1, 0.15) is 18.4 Å². The van der Waals surface area contributed by atoms with Gasteiger partial charge in [-0.15, -0.1) is 0 Å². The molecule has 0 bridgehead atoms. The number of hydrogen-bond donors (Lipinski definition) is 1. The van der Waals surface area contributed by atoms with E-state index in [2.05, 4.69) is 31.1 Å². The third kappa shape index (κ3) is 3.77. The van der Waals surface area contributed by atoms with Crippen LogP contribution in [0.15, 0.2) is 36.4 Å². The Morgan fingerprint density at radius 1 is 1.08 bits per heavy atom. The molecule has 4 nitrogen and oxygen atoms in total. The van der Waals surface area contributed by atoms with Crippen molar-refractivity contribution in [2.24, 2.45) is 0 Å². The number of benzene rings is 2. The Kier molecular flexibility index (Phi) is 4.59. The van der Waals surface area contributed by atoms with Gasteiger partial charge >= 0.3 is 0 Å². The standard InChI is InChI=1S/C18H18F2N4S/c19-15-5-4-13(9-16(15)20)21-14-2-1-7-24(11-14)10-12-3-6-17-18(8-12)23-25-22-17/h3-6,8-9,14,21H,1-2,7,10-11H2/t14-/m1/s1. The van der Waals surface area contributed by atoms with E-state index in [0.29, 0.717) is 5.69 Å². The van der Waals surface area contributed by atoms with E-state index in [0.717, 1.165) is 49.6 Å². The van der Waals surface area contributed by atoms with Crippen LogP contribution < -0.4 is 5.32 Å². The number of nitrogens with one attached hydrogen (secondary N) is 1. The van der Waals surface area contributed by atoms with Crippen molar-refractivity contribution in [3.8, 4) is 0 Å². The quantitative estimate of drug-likeness (QED) is 0.762. The molecule has 0 radical (unpaired) electrons. The molecular formula is C18H18F2N4S. The van der Waals surface area contributed by atoms with Gasteiger partial charge in [0.25, 0.3) is 0 Å². The zero-order chi connectivity index (χ0) is 17.2. The average molecular weight is 360 g/mol. The van der Waals surface area contributed by atoms with Gasteiger partial charge in [-0.2, -0.15) is 8.75 Å². The highest BCUT2D eigenvalue weighted by atomic mass is 32.1. The van der Waals surface area contributed by atoms with E-state index in [-0.39, 0.29) is 6.04 Å². The maximum atomic E-state index is 13.4. The second-order valence-corrected chi connectivity index (χ2v) is 6.96. The van der Waals surface area contributed by atoms with Gasteiger partial charge in [-0.05, 0) is 49.2 Å². The van der Waals surface area contributed by atoms with Crippen molar-refractivity contribution in [1.82, 2.24) is 13.6 Å².